The molecule has 0 fully saturated rings. The molecule has 2 heteroatoms. The first kappa shape index (κ1) is 15.6. The van der Waals surface area contributed by atoms with Gasteiger partial charge in [0.2, 0.25) is 0 Å². The lowest BCUT2D eigenvalue weighted by atomic mass is 9.93. The third-order valence-corrected chi connectivity index (χ3v) is 4.32. The molecule has 0 aliphatic heterocycles. The molecule has 1 N–H and O–H groups in total. The van der Waals surface area contributed by atoms with Crippen molar-refractivity contribution in [2.45, 2.75) is 38.5 Å². The van der Waals surface area contributed by atoms with Crippen LogP contribution in [-0.4, -0.2) is 18.8 Å². The summed E-state index contributed by atoms with van der Waals surface area (Å²) in [5, 5.41) is 3.56. The molecule has 0 aromatic heterocycles. The SMILES string of the molecule is CCCNCC(CCSc1ccccc1)C(C)C. The van der Waals surface area contributed by atoms with Crippen molar-refractivity contribution < 1.29 is 0 Å². The molecular formula is C16H27NS. The predicted octanol–water partition coefficient (Wildman–Crippen LogP) is 4.44. The highest BCUT2D eigenvalue weighted by Gasteiger charge is 2.12. The first-order valence-corrected chi connectivity index (χ1v) is 8.11. The maximum atomic E-state index is 3.56. The number of thioether (sulfide) groups is 1. The highest BCUT2D eigenvalue weighted by molar-refractivity contribution is 7.99. The van der Waals surface area contributed by atoms with Crippen LogP contribution in [0.5, 0.6) is 0 Å². The van der Waals surface area contributed by atoms with Crippen molar-refractivity contribution in [3.8, 4) is 0 Å². The Balaban J connectivity index is 2.25. The fourth-order valence-electron chi connectivity index (χ4n) is 1.98. The van der Waals surface area contributed by atoms with Gasteiger partial charge in [0, 0.05) is 4.90 Å². The van der Waals surface area contributed by atoms with Crippen LogP contribution in [0, 0.1) is 11.8 Å². The summed E-state index contributed by atoms with van der Waals surface area (Å²) in [6, 6.07) is 10.7. The molecule has 0 aliphatic rings. The summed E-state index contributed by atoms with van der Waals surface area (Å²) in [6.45, 7) is 9.22. The Labute approximate surface area is 117 Å². The van der Waals surface area contributed by atoms with E-state index in [2.05, 4.69) is 56.4 Å². The van der Waals surface area contributed by atoms with Crippen LogP contribution < -0.4 is 5.32 Å². The second-order valence-corrected chi connectivity index (χ2v) is 6.33. The maximum Gasteiger partial charge on any atom is 0.00719 e. The number of benzene rings is 1. The Bertz CT molecular complexity index is 297. The zero-order valence-electron chi connectivity index (χ0n) is 12.0. The zero-order valence-corrected chi connectivity index (χ0v) is 12.8. The van der Waals surface area contributed by atoms with Crippen molar-refractivity contribution in [1.29, 1.82) is 0 Å². The third-order valence-electron chi connectivity index (χ3n) is 3.28. The van der Waals surface area contributed by atoms with Crippen LogP contribution in [0.3, 0.4) is 0 Å². The summed E-state index contributed by atoms with van der Waals surface area (Å²) < 4.78 is 0. The van der Waals surface area contributed by atoms with E-state index in [1.54, 1.807) is 0 Å². The molecule has 0 amide bonds. The average Bonchev–Trinajstić information content (AvgIpc) is 2.38. The second kappa shape index (κ2) is 9.46. The Morgan fingerprint density at radius 2 is 1.89 bits per heavy atom. The van der Waals surface area contributed by atoms with E-state index in [9.17, 15) is 0 Å². The van der Waals surface area contributed by atoms with Crippen LogP contribution in [0.1, 0.15) is 33.6 Å². The minimum atomic E-state index is 0.769. The lowest BCUT2D eigenvalue weighted by Gasteiger charge is -2.21. The molecule has 0 heterocycles. The van der Waals surface area contributed by atoms with Gasteiger partial charge in [0.25, 0.3) is 0 Å². The second-order valence-electron chi connectivity index (χ2n) is 5.16. The summed E-state index contributed by atoms with van der Waals surface area (Å²) in [5.74, 6) is 2.79. The summed E-state index contributed by atoms with van der Waals surface area (Å²) in [5.41, 5.74) is 0. The topological polar surface area (TPSA) is 12.0 Å². The molecule has 1 nitrogen and oxygen atoms in total. The van der Waals surface area contributed by atoms with Gasteiger partial charge in [-0.05, 0) is 55.7 Å². The molecule has 0 radical (unpaired) electrons. The van der Waals surface area contributed by atoms with Gasteiger partial charge >= 0.3 is 0 Å². The van der Waals surface area contributed by atoms with Gasteiger partial charge < -0.3 is 5.32 Å². The van der Waals surface area contributed by atoms with Gasteiger partial charge in [0.1, 0.15) is 0 Å². The fraction of sp³-hybridized carbons (Fsp3) is 0.625. The molecule has 0 aliphatic carbocycles. The molecule has 1 rings (SSSR count). The summed E-state index contributed by atoms with van der Waals surface area (Å²) >= 11 is 1.98. The van der Waals surface area contributed by atoms with Crippen molar-refractivity contribution in [3.05, 3.63) is 30.3 Å². The molecular weight excluding hydrogens is 238 g/mol. The van der Waals surface area contributed by atoms with Gasteiger partial charge in [-0.25, -0.2) is 0 Å². The molecule has 1 unspecified atom stereocenters. The van der Waals surface area contributed by atoms with Gasteiger partial charge in [-0.1, -0.05) is 39.0 Å². The first-order chi connectivity index (χ1) is 8.74. The van der Waals surface area contributed by atoms with E-state index in [1.807, 2.05) is 11.8 Å². The van der Waals surface area contributed by atoms with Crippen LogP contribution in [0.4, 0.5) is 0 Å². The van der Waals surface area contributed by atoms with Crippen LogP contribution in [0.2, 0.25) is 0 Å². The van der Waals surface area contributed by atoms with Crippen LogP contribution in [-0.2, 0) is 0 Å². The smallest absolute Gasteiger partial charge is 0.00719 e. The largest absolute Gasteiger partial charge is 0.316 e. The first-order valence-electron chi connectivity index (χ1n) is 7.12. The summed E-state index contributed by atoms with van der Waals surface area (Å²) in [6.07, 6.45) is 2.53. The number of hydrogen-bond acceptors (Lipinski definition) is 2. The molecule has 1 aromatic carbocycles. The van der Waals surface area contributed by atoms with Gasteiger partial charge in [-0.2, -0.15) is 0 Å². The van der Waals surface area contributed by atoms with Crippen molar-refractivity contribution in [1.82, 2.24) is 5.32 Å². The third kappa shape index (κ3) is 6.46. The van der Waals surface area contributed by atoms with E-state index >= 15 is 0 Å². The summed E-state index contributed by atoms with van der Waals surface area (Å²) in [4.78, 5) is 1.39. The Hall–Kier alpha value is -0.470. The Morgan fingerprint density at radius 1 is 1.17 bits per heavy atom. The van der Waals surface area contributed by atoms with E-state index in [0.717, 1.165) is 18.4 Å². The lowest BCUT2D eigenvalue weighted by Crippen LogP contribution is -2.27. The monoisotopic (exact) mass is 265 g/mol. The molecule has 0 saturated carbocycles. The number of hydrogen-bond donors (Lipinski definition) is 1. The van der Waals surface area contributed by atoms with Gasteiger partial charge in [0.05, 0.1) is 0 Å². The average molecular weight is 265 g/mol. The molecule has 0 saturated heterocycles. The zero-order chi connectivity index (χ0) is 13.2. The molecule has 1 atom stereocenters. The molecule has 0 spiro atoms. The Kier molecular flexibility index (Phi) is 8.19. The number of nitrogens with one attached hydrogen (secondary N) is 1. The predicted molar refractivity (Wildman–Crippen MR) is 83.3 cm³/mol. The standard InChI is InChI=1S/C16H27NS/c1-4-11-17-13-15(14(2)3)10-12-18-16-8-6-5-7-9-16/h5-9,14-15,17H,4,10-13H2,1-3H3. The molecule has 1 aromatic rings. The number of rotatable bonds is 9. The van der Waals surface area contributed by atoms with E-state index in [1.165, 1.54) is 30.0 Å². The van der Waals surface area contributed by atoms with E-state index in [4.69, 9.17) is 0 Å². The fourth-order valence-corrected chi connectivity index (χ4v) is 2.99. The van der Waals surface area contributed by atoms with Crippen LogP contribution >= 0.6 is 11.8 Å². The summed E-state index contributed by atoms with van der Waals surface area (Å²) in [7, 11) is 0. The van der Waals surface area contributed by atoms with Gasteiger partial charge in [0.15, 0.2) is 0 Å². The highest BCUT2D eigenvalue weighted by Crippen LogP contribution is 2.22. The van der Waals surface area contributed by atoms with Crippen LogP contribution in [0.25, 0.3) is 0 Å². The van der Waals surface area contributed by atoms with E-state index in [0.29, 0.717) is 0 Å². The highest BCUT2D eigenvalue weighted by atomic mass is 32.2. The maximum absolute atomic E-state index is 3.56. The van der Waals surface area contributed by atoms with Gasteiger partial charge in [-0.3, -0.25) is 0 Å². The van der Waals surface area contributed by atoms with Crippen LogP contribution in [0.15, 0.2) is 35.2 Å². The van der Waals surface area contributed by atoms with Crippen molar-refractivity contribution in [2.75, 3.05) is 18.8 Å². The Morgan fingerprint density at radius 3 is 2.50 bits per heavy atom. The molecule has 102 valence electrons. The lowest BCUT2D eigenvalue weighted by molar-refractivity contribution is 0.355. The van der Waals surface area contributed by atoms with Crippen molar-refractivity contribution in [2.24, 2.45) is 11.8 Å². The van der Waals surface area contributed by atoms with E-state index in [-0.39, 0.29) is 0 Å². The molecule has 18 heavy (non-hydrogen) atoms. The van der Waals surface area contributed by atoms with E-state index < -0.39 is 0 Å². The van der Waals surface area contributed by atoms with Crippen molar-refractivity contribution >= 4 is 11.8 Å². The van der Waals surface area contributed by atoms with Gasteiger partial charge in [-0.15, -0.1) is 11.8 Å². The van der Waals surface area contributed by atoms with Crippen molar-refractivity contribution in [3.63, 3.8) is 0 Å². The molecule has 0 bridgehead atoms. The minimum absolute atomic E-state index is 0.769. The quantitative estimate of drug-likeness (QED) is 0.523. The normalized spacial score (nSPS) is 12.9. The minimum Gasteiger partial charge on any atom is -0.316 e.